The Morgan fingerprint density at radius 1 is 0.955 bits per heavy atom. The molecule has 0 fully saturated rings. The predicted octanol–water partition coefficient (Wildman–Crippen LogP) is 3.96. The van der Waals surface area contributed by atoms with E-state index in [1.165, 1.54) is 5.56 Å². The Morgan fingerprint density at radius 2 is 1.68 bits per heavy atom. The lowest BCUT2D eigenvalue weighted by Crippen LogP contribution is -2.06. The number of thioether (sulfide) groups is 1. The number of nitrogens with zero attached hydrogens (tertiary/aromatic N) is 3. The van der Waals surface area contributed by atoms with Crippen LogP contribution in [0.3, 0.4) is 0 Å². The minimum Gasteiger partial charge on any atom is -0.368 e. The summed E-state index contributed by atoms with van der Waals surface area (Å²) in [5.41, 5.74) is 8.37. The monoisotopic (exact) mass is 374 g/mol. The Bertz CT molecular complexity index is 741. The van der Waals surface area contributed by atoms with Gasteiger partial charge in [0.05, 0.1) is 6.54 Å². The third kappa shape index (κ3) is 3.69. The third-order valence-corrected chi connectivity index (χ3v) is 4.78. The number of aromatic nitrogens is 3. The number of nitrogen functional groups attached to an aromatic ring is 1. The first-order valence-corrected chi connectivity index (χ1v) is 8.60. The molecule has 0 bridgehead atoms. The molecular weight excluding hydrogens is 360 g/mol. The van der Waals surface area contributed by atoms with Crippen molar-refractivity contribution in [3.05, 3.63) is 70.2 Å². The Hall–Kier alpha value is -1.79. The fourth-order valence-electron chi connectivity index (χ4n) is 2.05. The van der Waals surface area contributed by atoms with E-state index in [-0.39, 0.29) is 0 Å². The van der Waals surface area contributed by atoms with Gasteiger partial charge in [0.25, 0.3) is 0 Å². The summed E-state index contributed by atoms with van der Waals surface area (Å²) in [4.78, 5) is 0. The summed E-state index contributed by atoms with van der Waals surface area (Å²) in [6.45, 7) is 0.670. The maximum atomic E-state index is 5.95. The van der Waals surface area contributed by atoms with Crippen molar-refractivity contribution in [1.82, 2.24) is 14.8 Å². The molecular formula is C16H15BrN4S. The summed E-state index contributed by atoms with van der Waals surface area (Å²) in [5, 5.41) is 9.03. The van der Waals surface area contributed by atoms with Gasteiger partial charge in [-0.05, 0) is 23.3 Å². The van der Waals surface area contributed by atoms with Crippen LogP contribution in [-0.4, -0.2) is 14.8 Å². The molecule has 22 heavy (non-hydrogen) atoms. The van der Waals surface area contributed by atoms with Crippen molar-refractivity contribution in [3.8, 4) is 0 Å². The van der Waals surface area contributed by atoms with Gasteiger partial charge >= 0.3 is 0 Å². The zero-order chi connectivity index (χ0) is 15.4. The van der Waals surface area contributed by atoms with Gasteiger partial charge in [-0.15, -0.1) is 10.2 Å². The standard InChI is InChI=1S/C16H15BrN4S/c17-14-8-6-12(7-9-14)10-21-15(18)19-20-16(21)22-11-13-4-2-1-3-5-13/h1-9H,10-11H2,(H2,18,19). The molecule has 0 saturated heterocycles. The molecule has 0 atom stereocenters. The average molecular weight is 375 g/mol. The molecule has 112 valence electrons. The highest BCUT2D eigenvalue weighted by atomic mass is 79.9. The lowest BCUT2D eigenvalue weighted by Gasteiger charge is -2.08. The first-order valence-electron chi connectivity index (χ1n) is 6.82. The minimum absolute atomic E-state index is 0.443. The Morgan fingerprint density at radius 3 is 2.41 bits per heavy atom. The van der Waals surface area contributed by atoms with E-state index in [1.54, 1.807) is 11.8 Å². The summed E-state index contributed by atoms with van der Waals surface area (Å²) < 4.78 is 3.00. The highest BCUT2D eigenvalue weighted by Gasteiger charge is 2.10. The number of hydrogen-bond donors (Lipinski definition) is 1. The molecule has 2 aromatic carbocycles. The smallest absolute Gasteiger partial charge is 0.223 e. The van der Waals surface area contributed by atoms with Crippen molar-refractivity contribution in [3.63, 3.8) is 0 Å². The van der Waals surface area contributed by atoms with Crippen molar-refractivity contribution in [2.24, 2.45) is 0 Å². The van der Waals surface area contributed by atoms with Crippen molar-refractivity contribution >= 4 is 33.6 Å². The maximum Gasteiger partial charge on any atom is 0.223 e. The van der Waals surface area contributed by atoms with Crippen LogP contribution in [0.2, 0.25) is 0 Å². The van der Waals surface area contributed by atoms with Crippen LogP contribution in [0.25, 0.3) is 0 Å². The van der Waals surface area contributed by atoms with Crippen LogP contribution in [0, 0.1) is 0 Å². The average Bonchev–Trinajstić information content (AvgIpc) is 2.89. The summed E-state index contributed by atoms with van der Waals surface area (Å²) in [7, 11) is 0. The fraction of sp³-hybridized carbons (Fsp3) is 0.125. The van der Waals surface area contributed by atoms with E-state index in [0.29, 0.717) is 12.5 Å². The topological polar surface area (TPSA) is 56.7 Å². The second-order valence-corrected chi connectivity index (χ2v) is 6.69. The van der Waals surface area contributed by atoms with Gasteiger partial charge in [-0.1, -0.05) is 70.2 Å². The summed E-state index contributed by atoms with van der Waals surface area (Å²) >= 11 is 5.09. The number of anilines is 1. The van der Waals surface area contributed by atoms with Crippen molar-refractivity contribution in [2.75, 3.05) is 5.73 Å². The first-order chi connectivity index (χ1) is 10.7. The van der Waals surface area contributed by atoms with Crippen LogP contribution in [0.4, 0.5) is 5.95 Å². The molecule has 2 N–H and O–H groups in total. The second kappa shape index (κ2) is 6.98. The lowest BCUT2D eigenvalue weighted by molar-refractivity contribution is 0.717. The van der Waals surface area contributed by atoms with E-state index in [1.807, 2.05) is 34.9 Å². The van der Waals surface area contributed by atoms with E-state index < -0.39 is 0 Å². The van der Waals surface area contributed by atoms with Crippen molar-refractivity contribution in [2.45, 2.75) is 17.5 Å². The minimum atomic E-state index is 0.443. The first kappa shape index (κ1) is 15.1. The molecule has 0 unspecified atom stereocenters. The second-order valence-electron chi connectivity index (χ2n) is 4.83. The molecule has 3 rings (SSSR count). The molecule has 1 aromatic heterocycles. The van der Waals surface area contributed by atoms with Gasteiger partial charge in [0.15, 0.2) is 5.16 Å². The predicted molar refractivity (Wildman–Crippen MR) is 93.7 cm³/mol. The van der Waals surface area contributed by atoms with Crippen LogP contribution in [-0.2, 0) is 12.3 Å². The van der Waals surface area contributed by atoms with E-state index in [4.69, 9.17) is 5.73 Å². The third-order valence-electron chi connectivity index (χ3n) is 3.21. The highest BCUT2D eigenvalue weighted by Crippen LogP contribution is 2.23. The van der Waals surface area contributed by atoms with Crippen molar-refractivity contribution in [1.29, 1.82) is 0 Å². The highest BCUT2D eigenvalue weighted by molar-refractivity contribution is 9.10. The number of hydrogen-bond acceptors (Lipinski definition) is 4. The van der Waals surface area contributed by atoms with Crippen LogP contribution < -0.4 is 5.73 Å². The Balaban J connectivity index is 1.74. The van der Waals surface area contributed by atoms with Gasteiger partial charge in [0.1, 0.15) is 0 Å². The molecule has 3 aromatic rings. The zero-order valence-electron chi connectivity index (χ0n) is 11.8. The maximum absolute atomic E-state index is 5.95. The van der Waals surface area contributed by atoms with Crippen LogP contribution in [0.5, 0.6) is 0 Å². The van der Waals surface area contributed by atoms with Gasteiger partial charge in [0.2, 0.25) is 5.95 Å². The van der Waals surface area contributed by atoms with Gasteiger partial charge < -0.3 is 5.73 Å². The Kier molecular flexibility index (Phi) is 4.80. The Labute approximate surface area is 141 Å². The molecule has 0 amide bonds. The van der Waals surface area contributed by atoms with E-state index in [0.717, 1.165) is 20.9 Å². The number of benzene rings is 2. The summed E-state index contributed by atoms with van der Waals surface area (Å²) in [6, 6.07) is 18.5. The molecule has 0 aliphatic heterocycles. The van der Waals surface area contributed by atoms with Gasteiger partial charge in [0, 0.05) is 10.2 Å². The van der Waals surface area contributed by atoms with Gasteiger partial charge in [-0.25, -0.2) is 0 Å². The van der Waals surface area contributed by atoms with Crippen LogP contribution in [0.1, 0.15) is 11.1 Å². The number of halogens is 1. The van der Waals surface area contributed by atoms with Crippen LogP contribution in [0.15, 0.2) is 64.2 Å². The zero-order valence-corrected chi connectivity index (χ0v) is 14.2. The normalized spacial score (nSPS) is 10.8. The summed E-state index contributed by atoms with van der Waals surface area (Å²) in [6.07, 6.45) is 0. The largest absolute Gasteiger partial charge is 0.368 e. The molecule has 0 saturated carbocycles. The fourth-order valence-corrected chi connectivity index (χ4v) is 3.21. The van der Waals surface area contributed by atoms with E-state index in [2.05, 4.69) is 50.4 Å². The molecule has 0 aliphatic rings. The van der Waals surface area contributed by atoms with Gasteiger partial charge in [-0.3, -0.25) is 4.57 Å². The van der Waals surface area contributed by atoms with E-state index >= 15 is 0 Å². The summed E-state index contributed by atoms with van der Waals surface area (Å²) in [5.74, 6) is 1.29. The number of rotatable bonds is 5. The molecule has 0 aliphatic carbocycles. The molecule has 1 heterocycles. The lowest BCUT2D eigenvalue weighted by atomic mass is 10.2. The van der Waals surface area contributed by atoms with Crippen LogP contribution >= 0.6 is 27.7 Å². The molecule has 4 nitrogen and oxygen atoms in total. The molecule has 0 spiro atoms. The quantitative estimate of drug-likeness (QED) is 0.686. The molecule has 6 heteroatoms. The van der Waals surface area contributed by atoms with Gasteiger partial charge in [-0.2, -0.15) is 0 Å². The van der Waals surface area contributed by atoms with Crippen molar-refractivity contribution < 1.29 is 0 Å². The SMILES string of the molecule is Nc1nnc(SCc2ccccc2)n1Cc1ccc(Br)cc1. The number of nitrogens with two attached hydrogens (primary N) is 1. The molecule has 0 radical (unpaired) electrons. The van der Waals surface area contributed by atoms with E-state index in [9.17, 15) is 0 Å².